The molecule has 0 unspecified atom stereocenters. The number of carbonyl (C=O) groups excluding carboxylic acids is 1. The van der Waals surface area contributed by atoms with Crippen LogP contribution in [0.15, 0.2) is 0 Å². The molecule has 100 valence electrons. The highest BCUT2D eigenvalue weighted by Crippen LogP contribution is 1.89. The van der Waals surface area contributed by atoms with Crippen molar-refractivity contribution < 1.29 is 19.4 Å². The molecule has 0 bridgehead atoms. The van der Waals surface area contributed by atoms with Gasteiger partial charge in [-0.25, -0.2) is 4.79 Å². The van der Waals surface area contributed by atoms with E-state index in [9.17, 15) is 9.59 Å². The Kier molecular flexibility index (Phi) is 9.37. The number of nitrogens with zero attached hydrogens (tertiary/aromatic N) is 1. The number of hydrogen-bond acceptors (Lipinski definition) is 4. The van der Waals surface area contributed by atoms with E-state index in [1.807, 2.05) is 0 Å². The van der Waals surface area contributed by atoms with Gasteiger partial charge in [-0.15, -0.1) is 0 Å². The van der Waals surface area contributed by atoms with Crippen LogP contribution in [0.1, 0.15) is 20.3 Å². The highest BCUT2D eigenvalue weighted by atomic mass is 16.5. The summed E-state index contributed by atoms with van der Waals surface area (Å²) >= 11 is 0. The summed E-state index contributed by atoms with van der Waals surface area (Å²) in [5, 5.41) is 11.0. The number of carbonyl (C=O) groups is 2. The molecule has 0 saturated heterocycles. The summed E-state index contributed by atoms with van der Waals surface area (Å²) in [6.07, 6.45) is 0.881. The smallest absolute Gasteiger partial charge is 0.329 e. The van der Waals surface area contributed by atoms with Gasteiger partial charge in [0.25, 0.3) is 0 Å². The summed E-state index contributed by atoms with van der Waals surface area (Å²) in [4.78, 5) is 23.6. The number of aliphatic carboxylic acids is 1. The van der Waals surface area contributed by atoms with Gasteiger partial charge in [-0.3, -0.25) is 4.79 Å². The van der Waals surface area contributed by atoms with Crippen molar-refractivity contribution in [2.24, 2.45) is 0 Å². The summed E-state index contributed by atoms with van der Waals surface area (Å²) in [6, 6.07) is 0. The second-order valence-electron chi connectivity index (χ2n) is 3.62. The maximum Gasteiger partial charge on any atom is 0.329 e. The van der Waals surface area contributed by atoms with Crippen molar-refractivity contribution in [2.75, 3.05) is 39.4 Å². The molecule has 17 heavy (non-hydrogen) atoms. The lowest BCUT2D eigenvalue weighted by molar-refractivity contribution is -0.143. The number of amides is 1. The van der Waals surface area contributed by atoms with Crippen LogP contribution in [0.2, 0.25) is 0 Å². The van der Waals surface area contributed by atoms with Crippen LogP contribution >= 0.6 is 0 Å². The Morgan fingerprint density at radius 3 is 2.41 bits per heavy atom. The van der Waals surface area contributed by atoms with Crippen LogP contribution in [0.4, 0.5) is 0 Å². The number of carboxylic acid groups (broad SMARTS) is 1. The summed E-state index contributed by atoms with van der Waals surface area (Å²) in [7, 11) is 0. The van der Waals surface area contributed by atoms with Crippen molar-refractivity contribution >= 4 is 11.9 Å². The van der Waals surface area contributed by atoms with E-state index in [0.29, 0.717) is 6.54 Å². The molecule has 0 rings (SSSR count). The molecule has 6 heteroatoms. The second-order valence-corrected chi connectivity index (χ2v) is 3.62. The van der Waals surface area contributed by atoms with Crippen LogP contribution < -0.4 is 5.32 Å². The van der Waals surface area contributed by atoms with E-state index in [1.165, 1.54) is 0 Å². The zero-order valence-electron chi connectivity index (χ0n) is 10.6. The predicted molar refractivity (Wildman–Crippen MR) is 63.9 cm³/mol. The Balaban J connectivity index is 3.41. The lowest BCUT2D eigenvalue weighted by Crippen LogP contribution is -2.32. The monoisotopic (exact) mass is 246 g/mol. The van der Waals surface area contributed by atoms with Crippen molar-refractivity contribution in [3.05, 3.63) is 0 Å². The summed E-state index contributed by atoms with van der Waals surface area (Å²) in [5.41, 5.74) is 0. The molecule has 0 heterocycles. The van der Waals surface area contributed by atoms with Gasteiger partial charge in [0, 0.05) is 6.54 Å². The molecule has 0 aromatic heterocycles. The zero-order chi connectivity index (χ0) is 13.1. The molecule has 0 atom stereocenters. The molecule has 0 saturated carbocycles. The highest BCUT2D eigenvalue weighted by Gasteiger charge is 2.03. The lowest BCUT2D eigenvalue weighted by Gasteiger charge is -2.17. The van der Waals surface area contributed by atoms with E-state index < -0.39 is 12.6 Å². The first-order valence-corrected chi connectivity index (χ1v) is 5.88. The summed E-state index contributed by atoms with van der Waals surface area (Å²) < 4.78 is 4.66. The van der Waals surface area contributed by atoms with E-state index in [4.69, 9.17) is 5.11 Å². The largest absolute Gasteiger partial charge is 0.480 e. The fraction of sp³-hybridized carbons (Fsp3) is 0.818. The Morgan fingerprint density at radius 1 is 1.24 bits per heavy atom. The first-order valence-electron chi connectivity index (χ1n) is 5.88. The van der Waals surface area contributed by atoms with Gasteiger partial charge in [0.15, 0.2) is 0 Å². The Bertz CT molecular complexity index is 230. The summed E-state index contributed by atoms with van der Waals surface area (Å²) in [5.74, 6) is -1.34. The van der Waals surface area contributed by atoms with Gasteiger partial charge in [0.1, 0.15) is 13.2 Å². The van der Waals surface area contributed by atoms with Crippen LogP contribution in [-0.2, 0) is 14.3 Å². The molecule has 0 aromatic rings. The number of carboxylic acids is 1. The van der Waals surface area contributed by atoms with Crippen molar-refractivity contribution in [1.29, 1.82) is 0 Å². The maximum absolute atomic E-state index is 11.2. The second kappa shape index (κ2) is 10.0. The average Bonchev–Trinajstić information content (AvgIpc) is 2.29. The molecule has 1 amide bonds. The Morgan fingerprint density at radius 2 is 1.88 bits per heavy atom. The van der Waals surface area contributed by atoms with Gasteiger partial charge < -0.3 is 20.1 Å². The number of nitrogens with one attached hydrogen (secondary N) is 1. The fourth-order valence-electron chi connectivity index (χ4n) is 1.35. The first-order chi connectivity index (χ1) is 8.10. The van der Waals surface area contributed by atoms with Crippen LogP contribution in [0.3, 0.4) is 0 Å². The van der Waals surface area contributed by atoms with Gasteiger partial charge >= 0.3 is 5.97 Å². The number of rotatable bonds is 10. The van der Waals surface area contributed by atoms with Crippen molar-refractivity contribution in [3.63, 3.8) is 0 Å². The van der Waals surface area contributed by atoms with Gasteiger partial charge in [-0.05, 0) is 26.1 Å². The third-order valence-electron chi connectivity index (χ3n) is 2.33. The molecule has 0 aliphatic carbocycles. The maximum atomic E-state index is 11.2. The van der Waals surface area contributed by atoms with E-state index in [0.717, 1.165) is 26.1 Å². The minimum Gasteiger partial charge on any atom is -0.480 e. The fourth-order valence-corrected chi connectivity index (χ4v) is 1.35. The van der Waals surface area contributed by atoms with Crippen molar-refractivity contribution in [2.45, 2.75) is 20.3 Å². The normalized spacial score (nSPS) is 10.5. The number of hydrogen-bond donors (Lipinski definition) is 2. The Hall–Kier alpha value is -1.14. The molecule has 0 aliphatic rings. The zero-order valence-corrected chi connectivity index (χ0v) is 10.6. The van der Waals surface area contributed by atoms with Crippen LogP contribution in [0.25, 0.3) is 0 Å². The molecular weight excluding hydrogens is 224 g/mol. The average molecular weight is 246 g/mol. The third-order valence-corrected chi connectivity index (χ3v) is 2.33. The van der Waals surface area contributed by atoms with Crippen molar-refractivity contribution in [1.82, 2.24) is 10.2 Å². The van der Waals surface area contributed by atoms with Gasteiger partial charge in [-0.2, -0.15) is 0 Å². The highest BCUT2D eigenvalue weighted by molar-refractivity contribution is 5.77. The number of ether oxygens (including phenoxy) is 1. The molecule has 0 aliphatic heterocycles. The Labute approximate surface area is 102 Å². The van der Waals surface area contributed by atoms with E-state index >= 15 is 0 Å². The minimum atomic E-state index is -1.07. The van der Waals surface area contributed by atoms with Crippen LogP contribution in [0, 0.1) is 0 Å². The van der Waals surface area contributed by atoms with Crippen LogP contribution in [-0.4, -0.2) is 61.3 Å². The van der Waals surface area contributed by atoms with Gasteiger partial charge in [0.05, 0.1) is 0 Å². The standard InChI is InChI=1S/C11H22N2O4/c1-3-13(4-2)7-5-6-12-10(14)8-17-9-11(15)16/h3-9H2,1-2H3,(H,12,14)(H,15,16). The lowest BCUT2D eigenvalue weighted by atomic mass is 10.3. The topological polar surface area (TPSA) is 78.9 Å². The molecule has 0 spiro atoms. The SMILES string of the molecule is CCN(CC)CCCNC(=O)COCC(=O)O. The van der Waals surface area contributed by atoms with E-state index in [2.05, 4.69) is 28.8 Å². The van der Waals surface area contributed by atoms with Crippen LogP contribution in [0.5, 0.6) is 0 Å². The first kappa shape index (κ1) is 15.9. The summed E-state index contributed by atoms with van der Waals surface area (Å²) in [6.45, 7) is 7.11. The third kappa shape index (κ3) is 9.77. The predicted octanol–water partition coefficient (Wildman–Crippen LogP) is -0.0643. The molecule has 6 nitrogen and oxygen atoms in total. The van der Waals surface area contributed by atoms with E-state index in [-0.39, 0.29) is 12.5 Å². The van der Waals surface area contributed by atoms with E-state index in [1.54, 1.807) is 0 Å². The molecule has 0 fully saturated rings. The van der Waals surface area contributed by atoms with Gasteiger partial charge in [-0.1, -0.05) is 13.8 Å². The molecule has 0 aromatic carbocycles. The molecule has 2 N–H and O–H groups in total. The minimum absolute atomic E-state index is 0.197. The molecular formula is C11H22N2O4. The van der Waals surface area contributed by atoms with Crippen molar-refractivity contribution in [3.8, 4) is 0 Å². The molecule has 0 radical (unpaired) electrons. The quantitative estimate of drug-likeness (QED) is 0.528. The van der Waals surface area contributed by atoms with Gasteiger partial charge in [0.2, 0.25) is 5.91 Å².